The Balaban J connectivity index is 1.92. The molecule has 0 aromatic carbocycles. The zero-order chi connectivity index (χ0) is 11.4. The summed E-state index contributed by atoms with van der Waals surface area (Å²) < 4.78 is 0. The zero-order valence-electron chi connectivity index (χ0n) is 11.0. The Bertz CT molecular complexity index is 199. The molecule has 0 amide bonds. The van der Waals surface area contributed by atoms with E-state index in [1.807, 2.05) is 0 Å². The fourth-order valence-electron chi connectivity index (χ4n) is 3.45. The molecule has 0 aromatic heterocycles. The number of likely N-dealkylation sites (N-methyl/N-ethyl adjacent to an activating group) is 1. The summed E-state index contributed by atoms with van der Waals surface area (Å²) in [5, 5.41) is 3.80. The molecule has 1 N–H and O–H groups in total. The van der Waals surface area contributed by atoms with E-state index in [0.29, 0.717) is 0 Å². The van der Waals surface area contributed by atoms with Gasteiger partial charge in [-0.05, 0) is 45.2 Å². The SMILES string of the molecule is CCN1CC(C2CCCCC2)NCCC1C. The quantitative estimate of drug-likeness (QED) is 0.776. The van der Waals surface area contributed by atoms with Gasteiger partial charge in [-0.25, -0.2) is 0 Å². The third-order valence-electron chi connectivity index (χ3n) is 4.65. The Labute approximate surface area is 101 Å². The second-order valence-electron chi connectivity index (χ2n) is 5.68. The number of nitrogens with zero attached hydrogens (tertiary/aromatic N) is 1. The monoisotopic (exact) mass is 224 g/mol. The van der Waals surface area contributed by atoms with Gasteiger partial charge < -0.3 is 5.32 Å². The van der Waals surface area contributed by atoms with Crippen molar-refractivity contribution < 1.29 is 0 Å². The third kappa shape index (κ3) is 2.98. The van der Waals surface area contributed by atoms with Crippen molar-refractivity contribution in [1.82, 2.24) is 10.2 Å². The van der Waals surface area contributed by atoms with Gasteiger partial charge >= 0.3 is 0 Å². The maximum Gasteiger partial charge on any atom is 0.0223 e. The second kappa shape index (κ2) is 6.02. The van der Waals surface area contributed by atoms with Crippen LogP contribution >= 0.6 is 0 Å². The molecule has 2 fully saturated rings. The molecule has 2 unspecified atom stereocenters. The molecule has 2 nitrogen and oxygen atoms in total. The van der Waals surface area contributed by atoms with Gasteiger partial charge in [-0.1, -0.05) is 26.2 Å². The molecule has 2 aliphatic rings. The van der Waals surface area contributed by atoms with Crippen molar-refractivity contribution in [1.29, 1.82) is 0 Å². The third-order valence-corrected chi connectivity index (χ3v) is 4.65. The van der Waals surface area contributed by atoms with E-state index in [1.54, 1.807) is 0 Å². The molecule has 1 saturated heterocycles. The average molecular weight is 224 g/mol. The van der Waals surface area contributed by atoms with Crippen molar-refractivity contribution in [2.24, 2.45) is 5.92 Å². The molecule has 1 heterocycles. The Morgan fingerprint density at radius 1 is 1.12 bits per heavy atom. The number of nitrogens with one attached hydrogen (secondary N) is 1. The highest BCUT2D eigenvalue weighted by molar-refractivity contribution is 4.86. The summed E-state index contributed by atoms with van der Waals surface area (Å²) in [5.74, 6) is 0.952. The summed E-state index contributed by atoms with van der Waals surface area (Å²) >= 11 is 0. The van der Waals surface area contributed by atoms with Crippen LogP contribution in [0.2, 0.25) is 0 Å². The molecule has 94 valence electrons. The molecule has 0 aromatic rings. The summed E-state index contributed by atoms with van der Waals surface area (Å²) in [4.78, 5) is 2.67. The maximum atomic E-state index is 3.80. The fourth-order valence-corrected chi connectivity index (χ4v) is 3.45. The van der Waals surface area contributed by atoms with Gasteiger partial charge in [-0.2, -0.15) is 0 Å². The first-order chi connectivity index (χ1) is 7.81. The largest absolute Gasteiger partial charge is 0.312 e. The standard InChI is InChI=1S/C14H28N2/c1-3-16-11-14(15-10-9-12(16)2)13-7-5-4-6-8-13/h12-15H,3-11H2,1-2H3. The van der Waals surface area contributed by atoms with Crippen molar-refractivity contribution in [3.05, 3.63) is 0 Å². The molecule has 16 heavy (non-hydrogen) atoms. The normalized spacial score (nSPS) is 34.9. The highest BCUT2D eigenvalue weighted by atomic mass is 15.2. The smallest absolute Gasteiger partial charge is 0.0223 e. The van der Waals surface area contributed by atoms with Crippen LogP contribution in [-0.4, -0.2) is 36.6 Å². The predicted octanol–water partition coefficient (Wildman–Crippen LogP) is 2.64. The van der Waals surface area contributed by atoms with Gasteiger partial charge in [0.25, 0.3) is 0 Å². The molecule has 0 spiro atoms. The van der Waals surface area contributed by atoms with Crippen molar-refractivity contribution in [2.75, 3.05) is 19.6 Å². The first kappa shape index (κ1) is 12.4. The minimum atomic E-state index is 0.769. The van der Waals surface area contributed by atoms with Crippen LogP contribution in [0.15, 0.2) is 0 Å². The van der Waals surface area contributed by atoms with Crippen molar-refractivity contribution in [3.63, 3.8) is 0 Å². The predicted molar refractivity (Wildman–Crippen MR) is 69.7 cm³/mol. The summed E-state index contributed by atoms with van der Waals surface area (Å²) in [6.45, 7) is 8.40. The molecule has 0 radical (unpaired) electrons. The van der Waals surface area contributed by atoms with Crippen LogP contribution in [0.3, 0.4) is 0 Å². The van der Waals surface area contributed by atoms with E-state index in [-0.39, 0.29) is 0 Å². The minimum absolute atomic E-state index is 0.769. The molecule has 1 aliphatic heterocycles. The van der Waals surface area contributed by atoms with Crippen LogP contribution in [0, 0.1) is 5.92 Å². The lowest BCUT2D eigenvalue weighted by Gasteiger charge is -2.33. The van der Waals surface area contributed by atoms with Crippen LogP contribution in [0.4, 0.5) is 0 Å². The summed E-state index contributed by atoms with van der Waals surface area (Å²) in [6.07, 6.45) is 8.64. The van der Waals surface area contributed by atoms with Gasteiger partial charge in [-0.15, -0.1) is 0 Å². The molecular formula is C14H28N2. The topological polar surface area (TPSA) is 15.3 Å². The molecule has 2 heteroatoms. The maximum absolute atomic E-state index is 3.80. The van der Waals surface area contributed by atoms with Gasteiger partial charge in [0, 0.05) is 18.6 Å². The van der Waals surface area contributed by atoms with Crippen LogP contribution in [0.5, 0.6) is 0 Å². The lowest BCUT2D eigenvalue weighted by Crippen LogP contribution is -2.44. The Morgan fingerprint density at radius 3 is 2.56 bits per heavy atom. The van der Waals surface area contributed by atoms with Crippen LogP contribution in [0.25, 0.3) is 0 Å². The van der Waals surface area contributed by atoms with Gasteiger partial charge in [-0.3, -0.25) is 4.90 Å². The van der Waals surface area contributed by atoms with Crippen LogP contribution in [0.1, 0.15) is 52.4 Å². The number of hydrogen-bond acceptors (Lipinski definition) is 2. The van der Waals surface area contributed by atoms with Gasteiger partial charge in [0.15, 0.2) is 0 Å². The summed E-state index contributed by atoms with van der Waals surface area (Å²) in [6, 6.07) is 1.54. The lowest BCUT2D eigenvalue weighted by atomic mass is 9.83. The summed E-state index contributed by atoms with van der Waals surface area (Å²) in [7, 11) is 0. The molecule has 2 atom stereocenters. The molecule has 2 rings (SSSR count). The van der Waals surface area contributed by atoms with Crippen molar-refractivity contribution >= 4 is 0 Å². The van der Waals surface area contributed by atoms with E-state index in [0.717, 1.165) is 18.0 Å². The minimum Gasteiger partial charge on any atom is -0.312 e. The Kier molecular flexibility index (Phi) is 4.66. The van der Waals surface area contributed by atoms with E-state index >= 15 is 0 Å². The second-order valence-corrected chi connectivity index (χ2v) is 5.68. The number of rotatable bonds is 2. The Morgan fingerprint density at radius 2 is 1.88 bits per heavy atom. The van der Waals surface area contributed by atoms with E-state index in [4.69, 9.17) is 0 Å². The highest BCUT2D eigenvalue weighted by Gasteiger charge is 2.28. The van der Waals surface area contributed by atoms with Crippen molar-refractivity contribution in [2.45, 2.75) is 64.5 Å². The molecule has 1 saturated carbocycles. The average Bonchev–Trinajstić information content (AvgIpc) is 2.52. The lowest BCUT2D eigenvalue weighted by molar-refractivity contribution is 0.179. The van der Waals surface area contributed by atoms with E-state index in [9.17, 15) is 0 Å². The van der Waals surface area contributed by atoms with Crippen LogP contribution < -0.4 is 5.32 Å². The van der Waals surface area contributed by atoms with E-state index in [1.165, 1.54) is 58.2 Å². The highest BCUT2D eigenvalue weighted by Crippen LogP contribution is 2.28. The van der Waals surface area contributed by atoms with Gasteiger partial charge in [0.1, 0.15) is 0 Å². The van der Waals surface area contributed by atoms with Gasteiger partial charge in [0.2, 0.25) is 0 Å². The first-order valence-corrected chi connectivity index (χ1v) is 7.28. The Hall–Kier alpha value is -0.0800. The van der Waals surface area contributed by atoms with Crippen molar-refractivity contribution in [3.8, 4) is 0 Å². The molecule has 1 aliphatic carbocycles. The molecule has 0 bridgehead atoms. The zero-order valence-corrected chi connectivity index (χ0v) is 11.0. The number of hydrogen-bond donors (Lipinski definition) is 1. The molecular weight excluding hydrogens is 196 g/mol. The first-order valence-electron chi connectivity index (χ1n) is 7.28. The van der Waals surface area contributed by atoms with Gasteiger partial charge in [0.05, 0.1) is 0 Å². The van der Waals surface area contributed by atoms with E-state index in [2.05, 4.69) is 24.1 Å². The summed E-state index contributed by atoms with van der Waals surface area (Å²) in [5.41, 5.74) is 0. The fraction of sp³-hybridized carbons (Fsp3) is 1.00. The van der Waals surface area contributed by atoms with Crippen LogP contribution in [-0.2, 0) is 0 Å². The van der Waals surface area contributed by atoms with E-state index < -0.39 is 0 Å².